The standard InChI is InChI=1S/C43H74N2O12/c1-14-32-42(10,50)36(47)28(6)44-23-24(2)21-40(8,49)37(57-39-34(46)31(45(11)12)20-25(3)53-39)26(4)35(27(5)38(48)55-32)56-33-22-41(9,52-13)43(51,29(7)54-33)30-18-16-15-17-19-30/h15-19,24-29,31-37,39,44,46-47,49-51H,14,20-23H2,1-13H3/t24-,25-,26+,27-,28-,29+,31+,32-,33+,34-,35+,36-,37-,39+,40-,41-,42-,43+/m1/s1. The highest BCUT2D eigenvalue weighted by atomic mass is 16.7. The van der Waals surface area contributed by atoms with Crippen molar-refractivity contribution >= 4 is 5.97 Å². The van der Waals surface area contributed by atoms with Crippen molar-refractivity contribution in [2.75, 3.05) is 27.7 Å². The molecule has 3 saturated heterocycles. The molecule has 3 fully saturated rings. The summed E-state index contributed by atoms with van der Waals surface area (Å²) in [4.78, 5) is 16.3. The summed E-state index contributed by atoms with van der Waals surface area (Å²) in [5.74, 6) is -2.71. The van der Waals surface area contributed by atoms with Crippen LogP contribution < -0.4 is 5.32 Å². The Morgan fingerprint density at radius 1 is 0.930 bits per heavy atom. The largest absolute Gasteiger partial charge is 0.459 e. The van der Waals surface area contributed by atoms with Crippen LogP contribution in [-0.4, -0.2) is 148 Å². The fraction of sp³-hybridized carbons (Fsp3) is 0.837. The highest BCUT2D eigenvalue weighted by Gasteiger charge is 2.59. The van der Waals surface area contributed by atoms with Crippen molar-refractivity contribution in [1.82, 2.24) is 10.2 Å². The maximum absolute atomic E-state index is 14.4. The molecule has 1 aromatic rings. The number of aliphatic hydroxyl groups is 5. The normalized spacial score (nSPS) is 47.2. The third kappa shape index (κ3) is 10.1. The van der Waals surface area contributed by atoms with Gasteiger partial charge in [0.05, 0.1) is 35.9 Å². The average molecular weight is 811 g/mol. The van der Waals surface area contributed by atoms with E-state index in [1.807, 2.05) is 70.1 Å². The van der Waals surface area contributed by atoms with Gasteiger partial charge in [-0.05, 0) is 99.9 Å². The fourth-order valence-electron chi connectivity index (χ4n) is 9.60. The van der Waals surface area contributed by atoms with Gasteiger partial charge in [-0.2, -0.15) is 0 Å². The van der Waals surface area contributed by atoms with E-state index in [2.05, 4.69) is 5.32 Å². The number of esters is 1. The number of ether oxygens (including phenoxy) is 6. The number of hydrogen-bond donors (Lipinski definition) is 6. The molecule has 57 heavy (non-hydrogen) atoms. The van der Waals surface area contributed by atoms with E-state index in [-0.39, 0.29) is 37.3 Å². The Bertz CT molecular complexity index is 1430. The van der Waals surface area contributed by atoms with Crippen LogP contribution in [0.15, 0.2) is 30.3 Å². The number of cyclic esters (lactones) is 1. The third-order valence-corrected chi connectivity index (χ3v) is 13.2. The second-order valence-corrected chi connectivity index (χ2v) is 18.2. The minimum absolute atomic E-state index is 0.0533. The van der Waals surface area contributed by atoms with Crippen LogP contribution in [0.25, 0.3) is 0 Å². The Kier molecular flexibility index (Phi) is 15.8. The van der Waals surface area contributed by atoms with Gasteiger partial charge in [0, 0.05) is 31.5 Å². The van der Waals surface area contributed by atoms with Gasteiger partial charge in [0.15, 0.2) is 12.6 Å². The van der Waals surface area contributed by atoms with E-state index >= 15 is 0 Å². The number of nitrogens with one attached hydrogen (secondary N) is 1. The van der Waals surface area contributed by atoms with Crippen LogP contribution in [0, 0.1) is 17.8 Å². The zero-order valence-electron chi connectivity index (χ0n) is 36.5. The number of rotatable bonds is 8. The number of methoxy groups -OCH3 is 1. The molecule has 3 aliphatic heterocycles. The van der Waals surface area contributed by atoms with Crippen molar-refractivity contribution in [3.05, 3.63) is 35.9 Å². The molecule has 6 N–H and O–H groups in total. The summed E-state index contributed by atoms with van der Waals surface area (Å²) >= 11 is 0. The smallest absolute Gasteiger partial charge is 0.311 e. The number of carbonyl (C=O) groups is 1. The van der Waals surface area contributed by atoms with E-state index in [1.54, 1.807) is 41.5 Å². The molecule has 328 valence electrons. The van der Waals surface area contributed by atoms with E-state index in [4.69, 9.17) is 28.4 Å². The monoisotopic (exact) mass is 811 g/mol. The van der Waals surface area contributed by atoms with Gasteiger partial charge in [-0.15, -0.1) is 0 Å². The van der Waals surface area contributed by atoms with Gasteiger partial charge in [-0.1, -0.05) is 51.1 Å². The number of likely N-dealkylation sites (N-methyl/N-ethyl adjacent to an activating group) is 1. The van der Waals surface area contributed by atoms with E-state index in [9.17, 15) is 30.3 Å². The van der Waals surface area contributed by atoms with Crippen LogP contribution in [-0.2, 0) is 38.8 Å². The molecule has 3 heterocycles. The molecule has 0 aromatic heterocycles. The van der Waals surface area contributed by atoms with Gasteiger partial charge < -0.3 is 64.2 Å². The SMILES string of the molecule is CC[C@H]1OC(=O)[C@H](C)[C@@H](O[C@H]2C[C@@](C)(OC)[C@@](O)(c3ccccc3)[C@H](C)O2)[C@H](C)[C@@H](O[C@@H]2O[C@H](C)C[C@H](N(C)C)[C@H]2O)[C@](C)(O)C[C@@H](C)CN[C@H](C)[C@@H](O)[C@]1(C)O. The molecule has 0 amide bonds. The first-order valence-corrected chi connectivity index (χ1v) is 20.8. The molecule has 14 nitrogen and oxygen atoms in total. The Morgan fingerprint density at radius 2 is 1.56 bits per heavy atom. The van der Waals surface area contributed by atoms with Crippen molar-refractivity contribution in [3.63, 3.8) is 0 Å². The van der Waals surface area contributed by atoms with E-state index in [0.29, 0.717) is 18.5 Å². The van der Waals surface area contributed by atoms with Crippen molar-refractivity contribution < 1.29 is 58.7 Å². The third-order valence-electron chi connectivity index (χ3n) is 13.2. The lowest BCUT2D eigenvalue weighted by Gasteiger charge is -2.54. The predicted octanol–water partition coefficient (Wildman–Crippen LogP) is 3.09. The summed E-state index contributed by atoms with van der Waals surface area (Å²) in [5, 5.41) is 62.9. The maximum Gasteiger partial charge on any atom is 0.311 e. The summed E-state index contributed by atoms with van der Waals surface area (Å²) in [7, 11) is 5.29. The van der Waals surface area contributed by atoms with Crippen LogP contribution in [0.2, 0.25) is 0 Å². The van der Waals surface area contributed by atoms with Crippen molar-refractivity contribution in [3.8, 4) is 0 Å². The maximum atomic E-state index is 14.4. The van der Waals surface area contributed by atoms with E-state index < -0.39 is 95.5 Å². The van der Waals surface area contributed by atoms with Gasteiger partial charge in [0.25, 0.3) is 0 Å². The lowest BCUT2D eigenvalue weighted by atomic mass is 9.71. The zero-order valence-corrected chi connectivity index (χ0v) is 36.5. The second-order valence-electron chi connectivity index (χ2n) is 18.2. The minimum Gasteiger partial charge on any atom is -0.459 e. The number of carbonyl (C=O) groups excluding carboxylic acids is 1. The van der Waals surface area contributed by atoms with Crippen molar-refractivity contribution in [2.45, 2.75) is 185 Å². The van der Waals surface area contributed by atoms with Crippen LogP contribution >= 0.6 is 0 Å². The first-order chi connectivity index (χ1) is 26.4. The average Bonchev–Trinajstić information content (AvgIpc) is 3.15. The van der Waals surface area contributed by atoms with Crippen LogP contribution in [0.1, 0.15) is 100 Å². The Morgan fingerprint density at radius 3 is 2.14 bits per heavy atom. The first kappa shape index (κ1) is 47.9. The molecule has 3 aliphatic rings. The molecule has 1 aromatic carbocycles. The van der Waals surface area contributed by atoms with Gasteiger partial charge in [0.1, 0.15) is 35.1 Å². The Labute approximate surface area is 340 Å². The summed E-state index contributed by atoms with van der Waals surface area (Å²) in [6.45, 7) is 17.9. The molecule has 0 unspecified atom stereocenters. The van der Waals surface area contributed by atoms with Gasteiger partial charge in [-0.3, -0.25) is 4.79 Å². The van der Waals surface area contributed by atoms with Crippen LogP contribution in [0.3, 0.4) is 0 Å². The number of benzene rings is 1. The summed E-state index contributed by atoms with van der Waals surface area (Å²) in [6, 6.07) is 8.28. The van der Waals surface area contributed by atoms with Gasteiger partial charge in [0.2, 0.25) is 0 Å². The predicted molar refractivity (Wildman–Crippen MR) is 214 cm³/mol. The van der Waals surface area contributed by atoms with Gasteiger partial charge >= 0.3 is 5.97 Å². The molecule has 4 rings (SSSR count). The van der Waals surface area contributed by atoms with Gasteiger partial charge in [-0.25, -0.2) is 0 Å². The number of hydrogen-bond acceptors (Lipinski definition) is 14. The lowest BCUT2D eigenvalue weighted by Crippen LogP contribution is -2.64. The van der Waals surface area contributed by atoms with E-state index in [0.717, 1.165) is 0 Å². The zero-order chi connectivity index (χ0) is 42.8. The molecule has 0 spiro atoms. The fourth-order valence-corrected chi connectivity index (χ4v) is 9.60. The van der Waals surface area contributed by atoms with E-state index in [1.165, 1.54) is 14.0 Å². The molecular formula is C43H74N2O12. The topological polar surface area (TPSA) is 189 Å². The first-order valence-electron chi connectivity index (χ1n) is 20.8. The Hall–Kier alpha value is -1.79. The molecule has 0 bridgehead atoms. The summed E-state index contributed by atoms with van der Waals surface area (Å²) in [6.07, 6.45) is -7.83. The molecular weight excluding hydrogens is 736 g/mol. The Balaban J connectivity index is 1.82. The molecule has 14 heteroatoms. The van der Waals surface area contributed by atoms with Crippen LogP contribution in [0.4, 0.5) is 0 Å². The number of nitrogens with zero attached hydrogens (tertiary/aromatic N) is 1. The summed E-state index contributed by atoms with van der Waals surface area (Å²) in [5.41, 5.74) is -5.59. The van der Waals surface area contributed by atoms with Crippen molar-refractivity contribution in [2.24, 2.45) is 17.8 Å². The molecule has 18 atom stereocenters. The van der Waals surface area contributed by atoms with Crippen molar-refractivity contribution in [1.29, 1.82) is 0 Å². The quantitative estimate of drug-likeness (QED) is 0.210. The molecule has 0 radical (unpaired) electrons. The molecule has 0 saturated carbocycles. The highest BCUT2D eigenvalue weighted by molar-refractivity contribution is 5.73. The molecule has 0 aliphatic carbocycles. The summed E-state index contributed by atoms with van der Waals surface area (Å²) < 4.78 is 38.5. The number of aliphatic hydroxyl groups excluding tert-OH is 2. The minimum atomic E-state index is -1.82. The second kappa shape index (κ2) is 18.9. The lowest BCUT2D eigenvalue weighted by molar-refractivity contribution is -0.341. The van der Waals surface area contributed by atoms with Crippen LogP contribution in [0.5, 0.6) is 0 Å². The highest BCUT2D eigenvalue weighted by Crippen LogP contribution is 2.48.